The van der Waals surface area contributed by atoms with Gasteiger partial charge < -0.3 is 11.1 Å². The number of carbonyl (C=O) groups excluding carboxylic acids is 2. The van der Waals surface area contributed by atoms with Crippen LogP contribution in [-0.4, -0.2) is 40.1 Å². The van der Waals surface area contributed by atoms with Gasteiger partial charge in [-0.05, 0) is 19.2 Å². The largest absolute Gasteiger partial charge is 0.365 e. The Morgan fingerprint density at radius 3 is 2.78 bits per heavy atom. The normalized spacial score (nSPS) is 14.3. The van der Waals surface area contributed by atoms with Gasteiger partial charge in [-0.1, -0.05) is 12.1 Å². The topological polar surface area (TPSA) is 93.2 Å². The molecule has 1 aromatic carbocycles. The van der Waals surface area contributed by atoms with Crippen LogP contribution in [0.5, 0.6) is 0 Å². The lowest BCUT2D eigenvalue weighted by Gasteiger charge is -2.23. The molecule has 2 heterocycles. The molecule has 120 valence electrons. The number of nitrogens with zero attached hydrogens (tertiary/aromatic N) is 3. The van der Waals surface area contributed by atoms with Crippen molar-refractivity contribution in [2.75, 3.05) is 18.9 Å². The van der Waals surface area contributed by atoms with Gasteiger partial charge in [-0.3, -0.25) is 19.2 Å². The standard InChI is InChI=1S/C16H19N5O2/c1-10(22)18-12-5-3-4-11(8-12)15-14(16(17)23)13-9-20(2)6-7-21(13)19-15/h3-5,8H,6-7,9H2,1-2H3,(H2,17,23)(H,18,22). The molecule has 3 rings (SSSR count). The van der Waals surface area contributed by atoms with Crippen LogP contribution in [0, 0.1) is 0 Å². The van der Waals surface area contributed by atoms with Gasteiger partial charge in [-0.15, -0.1) is 0 Å². The van der Waals surface area contributed by atoms with Crippen LogP contribution in [0.3, 0.4) is 0 Å². The number of amides is 2. The molecule has 0 saturated carbocycles. The molecule has 0 saturated heterocycles. The van der Waals surface area contributed by atoms with Crippen molar-refractivity contribution in [3.05, 3.63) is 35.5 Å². The van der Waals surface area contributed by atoms with Crippen molar-refractivity contribution in [3.63, 3.8) is 0 Å². The Labute approximate surface area is 134 Å². The number of hydrogen-bond donors (Lipinski definition) is 2. The third kappa shape index (κ3) is 2.95. The zero-order chi connectivity index (χ0) is 16.6. The molecule has 1 aromatic heterocycles. The Kier molecular flexibility index (Phi) is 3.87. The number of primary amides is 1. The minimum atomic E-state index is -0.485. The minimum absolute atomic E-state index is 0.150. The van der Waals surface area contributed by atoms with Gasteiger partial charge in [-0.25, -0.2) is 0 Å². The van der Waals surface area contributed by atoms with E-state index < -0.39 is 5.91 Å². The highest BCUT2D eigenvalue weighted by Gasteiger charge is 2.26. The maximum atomic E-state index is 12.0. The van der Waals surface area contributed by atoms with Crippen LogP contribution in [0.1, 0.15) is 23.0 Å². The monoisotopic (exact) mass is 313 g/mol. The summed E-state index contributed by atoms with van der Waals surface area (Å²) in [6.07, 6.45) is 0. The highest BCUT2D eigenvalue weighted by Crippen LogP contribution is 2.29. The summed E-state index contributed by atoms with van der Waals surface area (Å²) in [5.74, 6) is -0.635. The number of benzene rings is 1. The lowest BCUT2D eigenvalue weighted by Crippen LogP contribution is -2.32. The lowest BCUT2D eigenvalue weighted by molar-refractivity contribution is -0.114. The van der Waals surface area contributed by atoms with Crippen molar-refractivity contribution in [2.24, 2.45) is 5.73 Å². The average molecular weight is 313 g/mol. The molecule has 0 aliphatic carbocycles. The van der Waals surface area contributed by atoms with Gasteiger partial charge in [0, 0.05) is 31.3 Å². The van der Waals surface area contributed by atoms with Crippen LogP contribution in [0.2, 0.25) is 0 Å². The number of likely N-dealkylation sites (N-methyl/N-ethyl adjacent to an activating group) is 1. The van der Waals surface area contributed by atoms with Crippen LogP contribution >= 0.6 is 0 Å². The van der Waals surface area contributed by atoms with E-state index in [0.717, 1.165) is 24.3 Å². The van der Waals surface area contributed by atoms with Crippen LogP contribution in [0.4, 0.5) is 5.69 Å². The molecule has 0 unspecified atom stereocenters. The number of hydrogen-bond acceptors (Lipinski definition) is 4. The molecule has 7 heteroatoms. The second-order valence-corrected chi connectivity index (χ2v) is 5.76. The summed E-state index contributed by atoms with van der Waals surface area (Å²) in [4.78, 5) is 25.3. The molecule has 1 aliphatic heterocycles. The number of carbonyl (C=O) groups is 2. The summed E-state index contributed by atoms with van der Waals surface area (Å²) in [5.41, 5.74) is 8.88. The number of fused-ring (bicyclic) bond motifs is 1. The maximum Gasteiger partial charge on any atom is 0.252 e. The zero-order valence-corrected chi connectivity index (χ0v) is 13.2. The number of aromatic nitrogens is 2. The highest BCUT2D eigenvalue weighted by atomic mass is 16.1. The Balaban J connectivity index is 2.09. The summed E-state index contributed by atoms with van der Waals surface area (Å²) in [6, 6.07) is 7.26. The van der Waals surface area contributed by atoms with Gasteiger partial charge in [0.15, 0.2) is 0 Å². The van der Waals surface area contributed by atoms with E-state index in [1.54, 1.807) is 12.1 Å². The third-order valence-corrected chi connectivity index (χ3v) is 3.87. The lowest BCUT2D eigenvalue weighted by atomic mass is 10.0. The van der Waals surface area contributed by atoms with Crippen LogP contribution < -0.4 is 11.1 Å². The van der Waals surface area contributed by atoms with Crippen molar-refractivity contribution in [1.82, 2.24) is 14.7 Å². The maximum absolute atomic E-state index is 12.0. The molecule has 3 N–H and O–H groups in total. The first-order valence-electron chi connectivity index (χ1n) is 7.41. The van der Waals surface area contributed by atoms with E-state index >= 15 is 0 Å². The molecular formula is C16H19N5O2. The smallest absolute Gasteiger partial charge is 0.252 e. The van der Waals surface area contributed by atoms with Crippen molar-refractivity contribution in [3.8, 4) is 11.3 Å². The average Bonchev–Trinajstić information content (AvgIpc) is 2.85. The first-order valence-corrected chi connectivity index (χ1v) is 7.41. The Hall–Kier alpha value is -2.67. The van der Waals surface area contributed by atoms with E-state index in [1.807, 2.05) is 23.9 Å². The van der Waals surface area contributed by atoms with E-state index in [4.69, 9.17) is 5.73 Å². The van der Waals surface area contributed by atoms with Crippen molar-refractivity contribution in [1.29, 1.82) is 0 Å². The Morgan fingerprint density at radius 2 is 2.09 bits per heavy atom. The molecule has 23 heavy (non-hydrogen) atoms. The highest BCUT2D eigenvalue weighted by molar-refractivity contribution is 6.00. The second-order valence-electron chi connectivity index (χ2n) is 5.76. The van der Waals surface area contributed by atoms with Gasteiger partial charge >= 0.3 is 0 Å². The summed E-state index contributed by atoms with van der Waals surface area (Å²) < 4.78 is 1.85. The molecule has 0 bridgehead atoms. The molecule has 7 nitrogen and oxygen atoms in total. The minimum Gasteiger partial charge on any atom is -0.365 e. The van der Waals surface area contributed by atoms with E-state index in [-0.39, 0.29) is 5.91 Å². The van der Waals surface area contributed by atoms with Crippen molar-refractivity contribution < 1.29 is 9.59 Å². The number of nitrogens with one attached hydrogen (secondary N) is 1. The quantitative estimate of drug-likeness (QED) is 0.886. The van der Waals surface area contributed by atoms with E-state index in [1.165, 1.54) is 6.92 Å². The van der Waals surface area contributed by atoms with Crippen molar-refractivity contribution in [2.45, 2.75) is 20.0 Å². The van der Waals surface area contributed by atoms with Gasteiger partial charge in [0.25, 0.3) is 5.91 Å². The van der Waals surface area contributed by atoms with Gasteiger partial charge in [0.2, 0.25) is 5.91 Å². The summed E-state index contributed by atoms with van der Waals surface area (Å²) >= 11 is 0. The molecular weight excluding hydrogens is 294 g/mol. The summed E-state index contributed by atoms with van der Waals surface area (Å²) in [6.45, 7) is 3.68. The molecule has 2 aromatic rings. The Morgan fingerprint density at radius 1 is 1.30 bits per heavy atom. The van der Waals surface area contributed by atoms with E-state index in [2.05, 4.69) is 15.3 Å². The van der Waals surface area contributed by atoms with Crippen LogP contribution in [0.25, 0.3) is 11.3 Å². The first kappa shape index (κ1) is 15.2. The second kappa shape index (κ2) is 5.85. The molecule has 0 fully saturated rings. The first-order chi connectivity index (χ1) is 11.0. The van der Waals surface area contributed by atoms with E-state index in [9.17, 15) is 9.59 Å². The summed E-state index contributed by atoms with van der Waals surface area (Å²) in [7, 11) is 2.00. The fourth-order valence-electron chi connectivity index (χ4n) is 2.85. The number of nitrogens with two attached hydrogens (primary N) is 1. The zero-order valence-electron chi connectivity index (χ0n) is 13.2. The predicted octanol–water partition coefficient (Wildman–Crippen LogP) is 1.05. The third-order valence-electron chi connectivity index (χ3n) is 3.87. The molecule has 0 radical (unpaired) electrons. The van der Waals surface area contributed by atoms with Gasteiger partial charge in [-0.2, -0.15) is 5.10 Å². The molecule has 1 aliphatic rings. The fourth-order valence-corrected chi connectivity index (χ4v) is 2.85. The van der Waals surface area contributed by atoms with Gasteiger partial charge in [0.1, 0.15) is 5.69 Å². The van der Waals surface area contributed by atoms with Gasteiger partial charge in [0.05, 0.1) is 17.8 Å². The fraction of sp³-hybridized carbons (Fsp3) is 0.312. The van der Waals surface area contributed by atoms with Crippen LogP contribution in [0.15, 0.2) is 24.3 Å². The molecule has 0 atom stereocenters. The Bertz CT molecular complexity index is 781. The number of anilines is 1. The van der Waals surface area contributed by atoms with Crippen molar-refractivity contribution >= 4 is 17.5 Å². The summed E-state index contributed by atoms with van der Waals surface area (Å²) in [5, 5.41) is 7.31. The SMILES string of the molecule is CC(=O)Nc1cccc(-c2nn3c(c2C(N)=O)CN(C)CC3)c1. The molecule has 2 amide bonds. The molecule has 0 spiro atoms. The van der Waals surface area contributed by atoms with Crippen LogP contribution in [-0.2, 0) is 17.9 Å². The number of rotatable bonds is 3. The predicted molar refractivity (Wildman–Crippen MR) is 86.8 cm³/mol. The van der Waals surface area contributed by atoms with E-state index in [0.29, 0.717) is 23.5 Å².